The fraction of sp³-hybridized carbons (Fsp3) is 0.611. The van der Waals surface area contributed by atoms with Crippen molar-refractivity contribution in [2.45, 2.75) is 38.6 Å². The first-order valence-corrected chi connectivity index (χ1v) is 8.76. The lowest BCUT2D eigenvalue weighted by Crippen LogP contribution is -2.56. The van der Waals surface area contributed by atoms with Crippen molar-refractivity contribution in [3.8, 4) is 0 Å². The molecule has 0 bridgehead atoms. The average molecular weight is 347 g/mol. The molecule has 1 N–H and O–H groups in total. The van der Waals surface area contributed by atoms with Crippen molar-refractivity contribution < 1.29 is 19.5 Å². The highest BCUT2D eigenvalue weighted by atomic mass is 16.4. The third kappa shape index (κ3) is 3.27. The summed E-state index contributed by atoms with van der Waals surface area (Å²) in [7, 11) is 1.86. The second-order valence-electron chi connectivity index (χ2n) is 7.33. The standard InChI is InChI=1S/C18H25N3O4/c1-13(17(24)25)21-12-18(6-5-15(21)22)7-10-20(11-8-18)16(23)14-4-3-9-19(14)2/h3-4,9,13H,5-8,10-12H2,1-2H3,(H,24,25). The molecule has 25 heavy (non-hydrogen) atoms. The number of nitrogens with zero attached hydrogens (tertiary/aromatic N) is 3. The van der Waals surface area contributed by atoms with Crippen LogP contribution < -0.4 is 0 Å². The number of piperidine rings is 2. The zero-order valence-corrected chi connectivity index (χ0v) is 14.8. The maximum absolute atomic E-state index is 12.6. The van der Waals surface area contributed by atoms with Gasteiger partial charge < -0.3 is 19.5 Å². The van der Waals surface area contributed by atoms with Gasteiger partial charge in [0.15, 0.2) is 0 Å². The molecule has 1 aromatic rings. The third-order valence-corrected chi connectivity index (χ3v) is 5.79. The van der Waals surface area contributed by atoms with Gasteiger partial charge in [-0.15, -0.1) is 0 Å². The van der Waals surface area contributed by atoms with E-state index in [4.69, 9.17) is 0 Å². The van der Waals surface area contributed by atoms with E-state index >= 15 is 0 Å². The van der Waals surface area contributed by atoms with Crippen LogP contribution in [0.3, 0.4) is 0 Å². The molecule has 7 nitrogen and oxygen atoms in total. The summed E-state index contributed by atoms with van der Waals surface area (Å²) in [4.78, 5) is 39.4. The summed E-state index contributed by atoms with van der Waals surface area (Å²) in [6.07, 6.45) is 4.64. The van der Waals surface area contributed by atoms with Crippen molar-refractivity contribution in [3.05, 3.63) is 24.0 Å². The molecule has 2 aliphatic heterocycles. The van der Waals surface area contributed by atoms with Crippen LogP contribution in [0.25, 0.3) is 0 Å². The van der Waals surface area contributed by atoms with E-state index in [2.05, 4.69) is 0 Å². The topological polar surface area (TPSA) is 82.8 Å². The van der Waals surface area contributed by atoms with Crippen LogP contribution in [-0.2, 0) is 16.6 Å². The lowest BCUT2D eigenvalue weighted by Gasteiger charge is -2.48. The molecule has 136 valence electrons. The number of hydrogen-bond donors (Lipinski definition) is 1. The molecule has 3 heterocycles. The Bertz CT molecular complexity index is 688. The zero-order valence-electron chi connectivity index (χ0n) is 14.8. The molecule has 1 aromatic heterocycles. The van der Waals surface area contributed by atoms with Crippen LogP contribution >= 0.6 is 0 Å². The summed E-state index contributed by atoms with van der Waals surface area (Å²) in [5.41, 5.74) is 0.610. The summed E-state index contributed by atoms with van der Waals surface area (Å²) in [6, 6.07) is 2.88. The predicted molar refractivity (Wildman–Crippen MR) is 91.0 cm³/mol. The highest BCUT2D eigenvalue weighted by molar-refractivity contribution is 5.92. The Balaban J connectivity index is 1.66. The van der Waals surface area contributed by atoms with Gasteiger partial charge in [-0.3, -0.25) is 9.59 Å². The van der Waals surface area contributed by atoms with Crippen LogP contribution in [0.5, 0.6) is 0 Å². The predicted octanol–water partition coefficient (Wildman–Crippen LogP) is 1.34. The minimum atomic E-state index is -0.971. The maximum Gasteiger partial charge on any atom is 0.326 e. The molecular weight excluding hydrogens is 322 g/mol. The van der Waals surface area contributed by atoms with Gasteiger partial charge in [-0.2, -0.15) is 0 Å². The number of carbonyl (C=O) groups is 3. The Morgan fingerprint density at radius 1 is 1.24 bits per heavy atom. The quantitative estimate of drug-likeness (QED) is 0.894. The Labute approximate surface area is 147 Å². The number of rotatable bonds is 3. The molecule has 2 aliphatic rings. The van der Waals surface area contributed by atoms with Crippen LogP contribution in [0, 0.1) is 5.41 Å². The normalized spacial score (nSPS) is 21.4. The first-order chi connectivity index (χ1) is 11.8. The van der Waals surface area contributed by atoms with Gasteiger partial charge >= 0.3 is 5.97 Å². The molecule has 0 aromatic carbocycles. The number of likely N-dealkylation sites (tertiary alicyclic amines) is 2. The summed E-state index contributed by atoms with van der Waals surface area (Å²) in [5.74, 6) is -1.02. The largest absolute Gasteiger partial charge is 0.480 e. The molecule has 0 aliphatic carbocycles. The summed E-state index contributed by atoms with van der Waals surface area (Å²) >= 11 is 0. The molecule has 0 radical (unpaired) electrons. The Morgan fingerprint density at radius 3 is 2.48 bits per heavy atom. The van der Waals surface area contributed by atoms with E-state index in [1.807, 2.05) is 34.8 Å². The van der Waals surface area contributed by atoms with Crippen molar-refractivity contribution in [2.24, 2.45) is 12.5 Å². The molecule has 1 unspecified atom stereocenters. The smallest absolute Gasteiger partial charge is 0.326 e. The molecule has 1 spiro atoms. The fourth-order valence-electron chi connectivity index (χ4n) is 3.97. The van der Waals surface area contributed by atoms with Crippen molar-refractivity contribution >= 4 is 17.8 Å². The molecule has 2 fully saturated rings. The van der Waals surface area contributed by atoms with Crippen LogP contribution in [0.4, 0.5) is 0 Å². The molecule has 0 saturated carbocycles. The number of aryl methyl sites for hydroxylation is 1. The zero-order chi connectivity index (χ0) is 18.2. The van der Waals surface area contributed by atoms with Crippen molar-refractivity contribution in [2.75, 3.05) is 19.6 Å². The van der Waals surface area contributed by atoms with Crippen LogP contribution in [0.1, 0.15) is 43.1 Å². The number of aromatic nitrogens is 1. The Hall–Kier alpha value is -2.31. The van der Waals surface area contributed by atoms with E-state index in [1.54, 1.807) is 6.92 Å². The summed E-state index contributed by atoms with van der Waals surface area (Å²) in [5, 5.41) is 9.24. The lowest BCUT2D eigenvalue weighted by atomic mass is 9.72. The van der Waals surface area contributed by atoms with E-state index in [1.165, 1.54) is 4.90 Å². The van der Waals surface area contributed by atoms with E-state index in [0.717, 1.165) is 19.3 Å². The first kappa shape index (κ1) is 17.5. The number of hydrogen-bond acceptors (Lipinski definition) is 3. The van der Waals surface area contributed by atoms with E-state index in [0.29, 0.717) is 31.7 Å². The van der Waals surface area contributed by atoms with Crippen LogP contribution in [0.2, 0.25) is 0 Å². The molecule has 2 amide bonds. The van der Waals surface area contributed by atoms with Gasteiger partial charge in [-0.25, -0.2) is 4.79 Å². The van der Waals surface area contributed by atoms with Gasteiger partial charge in [0.2, 0.25) is 5.91 Å². The van der Waals surface area contributed by atoms with E-state index < -0.39 is 12.0 Å². The van der Waals surface area contributed by atoms with Gasteiger partial charge in [-0.1, -0.05) is 0 Å². The highest BCUT2D eigenvalue weighted by Gasteiger charge is 2.44. The highest BCUT2D eigenvalue weighted by Crippen LogP contribution is 2.41. The monoisotopic (exact) mass is 347 g/mol. The minimum absolute atomic E-state index is 0.0324. The second-order valence-corrected chi connectivity index (χ2v) is 7.33. The number of carboxylic acid groups (broad SMARTS) is 1. The Morgan fingerprint density at radius 2 is 1.92 bits per heavy atom. The Kier molecular flexibility index (Phi) is 4.58. The van der Waals surface area contributed by atoms with Crippen molar-refractivity contribution in [1.29, 1.82) is 0 Å². The lowest BCUT2D eigenvalue weighted by molar-refractivity contribution is -0.154. The number of amides is 2. The van der Waals surface area contributed by atoms with Crippen molar-refractivity contribution in [1.82, 2.24) is 14.4 Å². The molecular formula is C18H25N3O4. The molecule has 7 heteroatoms. The van der Waals surface area contributed by atoms with Gasteiger partial charge in [0.05, 0.1) is 0 Å². The number of aliphatic carboxylic acids is 1. The van der Waals surface area contributed by atoms with Crippen LogP contribution in [-0.4, -0.2) is 62.9 Å². The third-order valence-electron chi connectivity index (χ3n) is 5.79. The first-order valence-electron chi connectivity index (χ1n) is 8.76. The minimum Gasteiger partial charge on any atom is -0.480 e. The summed E-state index contributed by atoms with van der Waals surface area (Å²) in [6.45, 7) is 3.33. The number of carbonyl (C=O) groups excluding carboxylic acids is 2. The second kappa shape index (κ2) is 6.54. The summed E-state index contributed by atoms with van der Waals surface area (Å²) < 4.78 is 1.82. The SMILES string of the molecule is CC(C(=O)O)N1CC2(CCC1=O)CCN(C(=O)c1cccn1C)CC2. The molecule has 2 saturated heterocycles. The average Bonchev–Trinajstić information content (AvgIpc) is 3.02. The van der Waals surface area contributed by atoms with Gasteiger partial charge in [0.25, 0.3) is 5.91 Å². The van der Waals surface area contributed by atoms with Gasteiger partial charge in [0.1, 0.15) is 11.7 Å². The van der Waals surface area contributed by atoms with Gasteiger partial charge in [-0.05, 0) is 43.7 Å². The van der Waals surface area contributed by atoms with E-state index in [9.17, 15) is 19.5 Å². The maximum atomic E-state index is 12.6. The van der Waals surface area contributed by atoms with Crippen LogP contribution in [0.15, 0.2) is 18.3 Å². The number of carboxylic acids is 1. The fourth-order valence-corrected chi connectivity index (χ4v) is 3.97. The van der Waals surface area contributed by atoms with E-state index in [-0.39, 0.29) is 17.2 Å². The molecule has 1 atom stereocenters. The van der Waals surface area contributed by atoms with Gasteiger partial charge in [0, 0.05) is 39.3 Å². The van der Waals surface area contributed by atoms with Crippen molar-refractivity contribution in [3.63, 3.8) is 0 Å². The molecule has 3 rings (SSSR count).